The molecular formula is C15H22N2O2. The largest absolute Gasteiger partial charge is 0.381 e. The summed E-state index contributed by atoms with van der Waals surface area (Å²) < 4.78 is 5.42. The van der Waals surface area contributed by atoms with E-state index in [4.69, 9.17) is 4.74 Å². The monoisotopic (exact) mass is 262 g/mol. The van der Waals surface area contributed by atoms with Crippen LogP contribution in [0, 0.1) is 5.92 Å². The number of H-pyrrole nitrogens is 1. The summed E-state index contributed by atoms with van der Waals surface area (Å²) in [5.74, 6) is 0.755. The predicted molar refractivity (Wildman–Crippen MR) is 73.2 cm³/mol. The summed E-state index contributed by atoms with van der Waals surface area (Å²) >= 11 is 0. The molecule has 1 aromatic rings. The second-order valence-electron chi connectivity index (χ2n) is 5.67. The lowest BCUT2D eigenvalue weighted by molar-refractivity contribution is 0.0270. The van der Waals surface area contributed by atoms with Crippen LogP contribution in [0.4, 0.5) is 0 Å². The van der Waals surface area contributed by atoms with E-state index in [1.807, 2.05) is 12.3 Å². The van der Waals surface area contributed by atoms with E-state index >= 15 is 0 Å². The van der Waals surface area contributed by atoms with Gasteiger partial charge in [-0.2, -0.15) is 0 Å². The fraction of sp³-hybridized carbons (Fsp3) is 0.667. The number of hydrogen-bond donors (Lipinski definition) is 1. The van der Waals surface area contributed by atoms with Crippen molar-refractivity contribution in [2.75, 3.05) is 19.8 Å². The molecule has 0 bridgehead atoms. The molecule has 4 nitrogen and oxygen atoms in total. The standard InChI is InChI=1S/C15H22N2O2/c1-11(12-5-9-19-10-6-12)17-8-2-3-13-4-7-16-14(13)15(17)18/h4,7,11-12,16H,2-3,5-6,8-10H2,1H3. The first-order valence-corrected chi connectivity index (χ1v) is 7.32. The van der Waals surface area contributed by atoms with Crippen LogP contribution in [0.25, 0.3) is 0 Å². The first-order valence-electron chi connectivity index (χ1n) is 7.32. The number of carbonyl (C=O) groups is 1. The van der Waals surface area contributed by atoms with E-state index < -0.39 is 0 Å². The number of ether oxygens (including phenoxy) is 1. The van der Waals surface area contributed by atoms with Crippen molar-refractivity contribution in [2.24, 2.45) is 5.92 Å². The average molecular weight is 262 g/mol. The Balaban J connectivity index is 1.78. The number of aromatic amines is 1. The zero-order chi connectivity index (χ0) is 13.2. The van der Waals surface area contributed by atoms with Crippen molar-refractivity contribution in [2.45, 2.75) is 38.6 Å². The predicted octanol–water partition coefficient (Wildman–Crippen LogP) is 2.22. The molecule has 3 heterocycles. The molecular weight excluding hydrogens is 240 g/mol. The van der Waals surface area contributed by atoms with Crippen molar-refractivity contribution in [3.8, 4) is 0 Å². The van der Waals surface area contributed by atoms with Crippen LogP contribution in [0.1, 0.15) is 42.2 Å². The number of amides is 1. The zero-order valence-corrected chi connectivity index (χ0v) is 11.5. The third-order valence-electron chi connectivity index (χ3n) is 4.59. The highest BCUT2D eigenvalue weighted by atomic mass is 16.5. The number of rotatable bonds is 2. The topological polar surface area (TPSA) is 45.3 Å². The number of aryl methyl sites for hydroxylation is 1. The van der Waals surface area contributed by atoms with Crippen LogP contribution in [0.15, 0.2) is 12.3 Å². The molecule has 0 aliphatic carbocycles. The molecule has 19 heavy (non-hydrogen) atoms. The van der Waals surface area contributed by atoms with Crippen molar-refractivity contribution in [3.63, 3.8) is 0 Å². The van der Waals surface area contributed by atoms with Gasteiger partial charge in [0.05, 0.1) is 0 Å². The van der Waals surface area contributed by atoms with E-state index in [2.05, 4.69) is 16.8 Å². The van der Waals surface area contributed by atoms with Gasteiger partial charge in [0.1, 0.15) is 5.69 Å². The van der Waals surface area contributed by atoms with E-state index in [0.717, 1.165) is 51.1 Å². The number of hydrogen-bond acceptors (Lipinski definition) is 2. The van der Waals surface area contributed by atoms with Gasteiger partial charge < -0.3 is 14.6 Å². The van der Waals surface area contributed by atoms with Crippen LogP contribution >= 0.6 is 0 Å². The maximum Gasteiger partial charge on any atom is 0.270 e. The number of aromatic nitrogens is 1. The molecule has 4 heteroatoms. The van der Waals surface area contributed by atoms with Gasteiger partial charge in [-0.05, 0) is 50.2 Å². The van der Waals surface area contributed by atoms with Gasteiger partial charge in [0.25, 0.3) is 5.91 Å². The summed E-state index contributed by atoms with van der Waals surface area (Å²) in [7, 11) is 0. The Morgan fingerprint density at radius 2 is 2.21 bits per heavy atom. The zero-order valence-electron chi connectivity index (χ0n) is 11.5. The van der Waals surface area contributed by atoms with E-state index in [9.17, 15) is 4.79 Å². The first kappa shape index (κ1) is 12.7. The molecule has 0 aromatic carbocycles. The SMILES string of the molecule is CC(C1CCOCC1)N1CCCc2cc[nH]c2C1=O. The Bertz CT molecular complexity index is 449. The molecule has 0 radical (unpaired) electrons. The van der Waals surface area contributed by atoms with E-state index in [1.165, 1.54) is 5.56 Å². The molecule has 1 N–H and O–H groups in total. The normalized spacial score (nSPS) is 23.0. The maximum absolute atomic E-state index is 12.6. The smallest absolute Gasteiger partial charge is 0.270 e. The van der Waals surface area contributed by atoms with Gasteiger partial charge in [-0.3, -0.25) is 4.79 Å². The van der Waals surface area contributed by atoms with Gasteiger partial charge in [-0.1, -0.05) is 0 Å². The highest BCUT2D eigenvalue weighted by molar-refractivity contribution is 5.94. The average Bonchev–Trinajstić information content (AvgIpc) is 2.86. The lowest BCUT2D eigenvalue weighted by Crippen LogP contribution is -2.44. The highest BCUT2D eigenvalue weighted by Gasteiger charge is 2.31. The number of nitrogens with one attached hydrogen (secondary N) is 1. The minimum Gasteiger partial charge on any atom is -0.381 e. The van der Waals surface area contributed by atoms with E-state index in [0.29, 0.717) is 12.0 Å². The number of nitrogens with zero attached hydrogens (tertiary/aromatic N) is 1. The molecule has 1 amide bonds. The van der Waals surface area contributed by atoms with Crippen LogP contribution < -0.4 is 0 Å². The third kappa shape index (κ3) is 2.41. The minimum atomic E-state index is 0.177. The molecule has 2 aliphatic heterocycles. The fourth-order valence-corrected chi connectivity index (χ4v) is 3.34. The Morgan fingerprint density at radius 1 is 1.42 bits per heavy atom. The summed E-state index contributed by atoms with van der Waals surface area (Å²) in [6.45, 7) is 4.75. The summed E-state index contributed by atoms with van der Waals surface area (Å²) in [6, 6.07) is 2.35. The van der Waals surface area contributed by atoms with Crippen LogP contribution in [0.2, 0.25) is 0 Å². The first-order chi connectivity index (χ1) is 9.27. The van der Waals surface area contributed by atoms with Crippen molar-refractivity contribution >= 4 is 5.91 Å². The van der Waals surface area contributed by atoms with Crippen LogP contribution in [-0.2, 0) is 11.2 Å². The van der Waals surface area contributed by atoms with E-state index in [-0.39, 0.29) is 5.91 Å². The molecule has 0 spiro atoms. The molecule has 1 atom stereocenters. The molecule has 3 rings (SSSR count). The van der Waals surface area contributed by atoms with Crippen molar-refractivity contribution in [1.82, 2.24) is 9.88 Å². The van der Waals surface area contributed by atoms with Gasteiger partial charge in [-0.25, -0.2) is 0 Å². The Labute approximate surface area is 114 Å². The number of fused-ring (bicyclic) bond motifs is 1. The second-order valence-corrected chi connectivity index (χ2v) is 5.67. The Hall–Kier alpha value is -1.29. The minimum absolute atomic E-state index is 0.177. The lowest BCUT2D eigenvalue weighted by atomic mass is 9.91. The van der Waals surface area contributed by atoms with Crippen molar-refractivity contribution < 1.29 is 9.53 Å². The summed E-state index contributed by atoms with van der Waals surface area (Å²) in [6.07, 6.45) is 6.09. The molecule has 104 valence electrons. The highest BCUT2D eigenvalue weighted by Crippen LogP contribution is 2.26. The van der Waals surface area contributed by atoms with Gasteiger partial charge in [0, 0.05) is 32.0 Å². The molecule has 1 fully saturated rings. The van der Waals surface area contributed by atoms with Gasteiger partial charge >= 0.3 is 0 Å². The third-order valence-corrected chi connectivity index (χ3v) is 4.59. The summed E-state index contributed by atoms with van der Waals surface area (Å²) in [4.78, 5) is 17.8. The van der Waals surface area contributed by atoms with E-state index in [1.54, 1.807) is 0 Å². The van der Waals surface area contributed by atoms with Gasteiger partial charge in [0.15, 0.2) is 0 Å². The summed E-state index contributed by atoms with van der Waals surface area (Å²) in [5.41, 5.74) is 1.98. The molecule has 1 saturated heterocycles. The van der Waals surface area contributed by atoms with Crippen LogP contribution in [0.5, 0.6) is 0 Å². The molecule has 1 aromatic heterocycles. The summed E-state index contributed by atoms with van der Waals surface area (Å²) in [5, 5.41) is 0. The van der Waals surface area contributed by atoms with Crippen molar-refractivity contribution in [3.05, 3.63) is 23.5 Å². The molecule has 0 saturated carbocycles. The van der Waals surface area contributed by atoms with Gasteiger partial charge in [0.2, 0.25) is 0 Å². The van der Waals surface area contributed by atoms with Crippen molar-refractivity contribution in [1.29, 1.82) is 0 Å². The molecule has 2 aliphatic rings. The quantitative estimate of drug-likeness (QED) is 0.888. The lowest BCUT2D eigenvalue weighted by Gasteiger charge is -2.36. The van der Waals surface area contributed by atoms with Gasteiger partial charge in [-0.15, -0.1) is 0 Å². The fourth-order valence-electron chi connectivity index (χ4n) is 3.34. The maximum atomic E-state index is 12.6. The Morgan fingerprint density at radius 3 is 3.00 bits per heavy atom. The second kappa shape index (κ2) is 5.37. The number of carbonyl (C=O) groups excluding carboxylic acids is 1. The Kier molecular flexibility index (Phi) is 3.60. The van der Waals surface area contributed by atoms with Crippen LogP contribution in [-0.4, -0.2) is 41.6 Å². The molecule has 1 unspecified atom stereocenters. The van der Waals surface area contributed by atoms with Crippen LogP contribution in [0.3, 0.4) is 0 Å².